The van der Waals surface area contributed by atoms with E-state index >= 15 is 0 Å². The van der Waals surface area contributed by atoms with Gasteiger partial charge in [-0.25, -0.2) is 4.79 Å². The summed E-state index contributed by atoms with van der Waals surface area (Å²) in [6.07, 6.45) is 0.497. The highest BCUT2D eigenvalue weighted by Gasteiger charge is 2.34. The number of carbonyl (C=O) groups excluding carboxylic acids is 10. The second-order valence-corrected chi connectivity index (χ2v) is 21.3. The van der Waals surface area contributed by atoms with Crippen molar-refractivity contribution in [2.24, 2.45) is 29.2 Å². The van der Waals surface area contributed by atoms with Gasteiger partial charge in [-0.15, -0.1) is 0 Å². The van der Waals surface area contributed by atoms with Gasteiger partial charge in [-0.05, 0) is 94.6 Å². The molecule has 0 heterocycles. The number of carbonyl (C=O) groups is 12. The van der Waals surface area contributed by atoms with E-state index in [9.17, 15) is 67.7 Å². The molecule has 1 aromatic rings. The van der Waals surface area contributed by atoms with Gasteiger partial charge in [-0.1, -0.05) is 71.9 Å². The first-order valence-electron chi connectivity index (χ1n) is 25.7. The van der Waals surface area contributed by atoms with Crippen molar-refractivity contribution in [3.8, 4) is 0 Å². The number of rotatable bonds is 36. The number of hydrogen-bond acceptors (Lipinski definition) is 14. The summed E-state index contributed by atoms with van der Waals surface area (Å²) in [6, 6.07) is -4.34. The van der Waals surface area contributed by atoms with Crippen LogP contribution in [0.5, 0.6) is 0 Å². The molecule has 26 heteroatoms. The van der Waals surface area contributed by atoms with Gasteiger partial charge in [-0.2, -0.15) is 11.8 Å². The molecular weight excluding hydrogens is 1020 g/mol. The van der Waals surface area contributed by atoms with Crippen molar-refractivity contribution in [1.82, 2.24) is 47.9 Å². The molecule has 432 valence electrons. The summed E-state index contributed by atoms with van der Waals surface area (Å²) in [6.45, 7) is 14.8. The Kier molecular flexibility index (Phi) is 30.8. The van der Waals surface area contributed by atoms with Crippen LogP contribution in [0, 0.1) is 17.8 Å². The Balaban J connectivity index is 3.24. The van der Waals surface area contributed by atoms with Crippen LogP contribution >= 0.6 is 11.8 Å². The van der Waals surface area contributed by atoms with Crippen LogP contribution in [0.1, 0.15) is 119 Å². The number of amides is 10. The predicted octanol–water partition coefficient (Wildman–Crippen LogP) is -0.914. The molecule has 10 atom stereocenters. The largest absolute Gasteiger partial charge is 0.481 e. The number of nitrogens with two attached hydrogens (primary N) is 2. The average Bonchev–Trinajstić information content (AvgIpc) is 3.33. The fourth-order valence-corrected chi connectivity index (χ4v) is 7.99. The highest BCUT2D eigenvalue weighted by Crippen LogP contribution is 2.12. The van der Waals surface area contributed by atoms with Crippen LogP contribution in [-0.4, -0.2) is 154 Å². The topological polar surface area (TPSA) is 406 Å². The number of carboxylic acids is 2. The van der Waals surface area contributed by atoms with E-state index in [1.54, 1.807) is 64.3 Å². The predicted molar refractivity (Wildman–Crippen MR) is 287 cm³/mol. The molecule has 0 radical (unpaired) electrons. The number of benzene rings is 1. The van der Waals surface area contributed by atoms with Crippen LogP contribution in [0.3, 0.4) is 0 Å². The highest BCUT2D eigenvalue weighted by atomic mass is 32.2. The lowest BCUT2D eigenvalue weighted by atomic mass is 10.0. The van der Waals surface area contributed by atoms with Crippen LogP contribution < -0.4 is 59.3 Å². The molecule has 0 aromatic heterocycles. The Morgan fingerprint density at radius 3 is 1.26 bits per heavy atom. The molecule has 1 rings (SSSR count). The molecule has 25 nitrogen and oxygen atoms in total. The number of carboxylic acid groups (broad SMARTS) is 2. The Morgan fingerprint density at radius 1 is 0.455 bits per heavy atom. The van der Waals surface area contributed by atoms with Crippen molar-refractivity contribution in [1.29, 1.82) is 0 Å². The summed E-state index contributed by atoms with van der Waals surface area (Å²) < 4.78 is 0. The first kappa shape index (κ1) is 68.2. The third-order valence-electron chi connectivity index (χ3n) is 11.7. The number of primary amides is 1. The summed E-state index contributed by atoms with van der Waals surface area (Å²) in [5.74, 6) is -10.8. The van der Waals surface area contributed by atoms with Crippen molar-refractivity contribution in [3.05, 3.63) is 35.9 Å². The summed E-state index contributed by atoms with van der Waals surface area (Å²) in [5, 5.41) is 41.7. The molecule has 0 fully saturated rings. The average molecular weight is 1110 g/mol. The van der Waals surface area contributed by atoms with E-state index < -0.39 is 157 Å². The highest BCUT2D eigenvalue weighted by molar-refractivity contribution is 7.98. The Morgan fingerprint density at radius 2 is 0.818 bits per heavy atom. The zero-order valence-electron chi connectivity index (χ0n) is 45.8. The molecule has 0 bridgehead atoms. The lowest BCUT2D eigenvalue weighted by molar-refractivity contribution is -0.143. The minimum Gasteiger partial charge on any atom is -0.481 e. The number of hydrogen-bond donors (Lipinski definition) is 13. The Labute approximate surface area is 454 Å². The van der Waals surface area contributed by atoms with Crippen molar-refractivity contribution >= 4 is 82.8 Å². The molecule has 15 N–H and O–H groups in total. The monoisotopic (exact) mass is 1110 g/mol. The van der Waals surface area contributed by atoms with Gasteiger partial charge in [-0.3, -0.25) is 52.7 Å². The molecule has 0 saturated carbocycles. The summed E-state index contributed by atoms with van der Waals surface area (Å²) >= 11 is 1.42. The second kappa shape index (κ2) is 34.8. The van der Waals surface area contributed by atoms with Crippen LogP contribution in [0.15, 0.2) is 30.3 Å². The maximum Gasteiger partial charge on any atom is 0.326 e. The fourth-order valence-electron chi connectivity index (χ4n) is 7.52. The van der Waals surface area contributed by atoms with Gasteiger partial charge in [0.05, 0.1) is 6.04 Å². The van der Waals surface area contributed by atoms with E-state index in [2.05, 4.69) is 47.9 Å². The first-order valence-corrected chi connectivity index (χ1v) is 27.1. The molecule has 0 aliphatic heterocycles. The van der Waals surface area contributed by atoms with E-state index in [-0.39, 0.29) is 43.4 Å². The lowest BCUT2D eigenvalue weighted by Crippen LogP contribution is -2.60. The number of aliphatic carboxylic acids is 2. The molecule has 0 spiro atoms. The minimum absolute atomic E-state index is 0.0189. The second-order valence-electron chi connectivity index (χ2n) is 20.3. The van der Waals surface area contributed by atoms with Gasteiger partial charge < -0.3 is 69.5 Å². The Bertz CT molecular complexity index is 2180. The van der Waals surface area contributed by atoms with Gasteiger partial charge >= 0.3 is 11.9 Å². The van der Waals surface area contributed by atoms with Crippen LogP contribution in [0.2, 0.25) is 0 Å². The molecule has 0 saturated heterocycles. The fraction of sp³-hybridized carbons (Fsp3) is 0.647. The van der Waals surface area contributed by atoms with E-state index in [4.69, 9.17) is 11.5 Å². The minimum atomic E-state index is -1.64. The van der Waals surface area contributed by atoms with Crippen molar-refractivity contribution in [3.63, 3.8) is 0 Å². The van der Waals surface area contributed by atoms with Crippen molar-refractivity contribution in [2.75, 3.05) is 12.0 Å². The van der Waals surface area contributed by atoms with Crippen LogP contribution in [-0.2, 0) is 64.0 Å². The van der Waals surface area contributed by atoms with Crippen LogP contribution in [0.25, 0.3) is 0 Å². The smallest absolute Gasteiger partial charge is 0.326 e. The molecule has 0 aliphatic rings. The van der Waals surface area contributed by atoms with Crippen LogP contribution in [0.4, 0.5) is 0 Å². The molecule has 10 amide bonds. The lowest BCUT2D eigenvalue weighted by Gasteiger charge is -2.27. The van der Waals surface area contributed by atoms with E-state index in [0.717, 1.165) is 0 Å². The maximum atomic E-state index is 13.8. The SMILES string of the molecule is CSCC[C@H](NC(=O)[C@@H](N)CC(C)C)C(=O)N[C@@H](C)C(=O)N[C@@H](CCC(N)=O)C(=O)N[C@@H](CCC(=O)O)C(=O)N[C@@H](C)C(=O)N[C@@H](CC(C)C)C(=O)N[C@@H](C)C(=O)N[C@@H](Cc1ccccc1)C(=O)N[C@@H](CC(C)C)C(=O)O. The normalized spacial score (nSPS) is 15.1. The zero-order chi connectivity index (χ0) is 58.7. The first-order chi connectivity index (χ1) is 35.9. The Hall–Kier alpha value is -6.83. The standard InChI is InChI=1S/C51H83N11O14S/c1-26(2)22-33(52)45(69)58-36(20-21-77-10)47(71)55-29(7)42(66)57-34(16-18-40(53)63)48(72)59-35(17-19-41(64)65)46(70)54-30(8)43(67)60-37(23-27(3)4)49(73)56-31(9)44(68)61-38(25-32-14-12-11-13-15-32)50(74)62-39(51(75)76)24-28(5)6/h11-15,26-31,33-39H,16-25,52H2,1-10H3,(H2,53,63)(H,54,70)(H,55,71)(H,56,73)(H,57,66)(H,58,69)(H,59,72)(H,60,67)(H,61,68)(H,62,74)(H,64,65)(H,75,76)/t29-,30-,31-,33-,34-,35-,36-,37-,38-,39-/m0/s1. The van der Waals surface area contributed by atoms with Gasteiger partial charge in [0, 0.05) is 19.3 Å². The van der Waals surface area contributed by atoms with E-state index in [0.29, 0.717) is 17.7 Å². The third-order valence-corrected chi connectivity index (χ3v) is 12.4. The molecule has 77 heavy (non-hydrogen) atoms. The third kappa shape index (κ3) is 27.2. The van der Waals surface area contributed by atoms with Crippen molar-refractivity contribution in [2.45, 2.75) is 181 Å². The molecule has 1 aromatic carbocycles. The molecule has 0 aliphatic carbocycles. The summed E-state index contributed by atoms with van der Waals surface area (Å²) in [7, 11) is 0. The molecular formula is C51H83N11O14S. The number of nitrogens with one attached hydrogen (secondary N) is 9. The summed E-state index contributed by atoms with van der Waals surface area (Å²) in [4.78, 5) is 157. The van der Waals surface area contributed by atoms with Gasteiger partial charge in [0.25, 0.3) is 0 Å². The van der Waals surface area contributed by atoms with Gasteiger partial charge in [0.15, 0.2) is 0 Å². The maximum absolute atomic E-state index is 13.8. The zero-order valence-corrected chi connectivity index (χ0v) is 46.6. The van der Waals surface area contributed by atoms with Gasteiger partial charge in [0.2, 0.25) is 59.1 Å². The number of thioether (sulfide) groups is 1. The summed E-state index contributed by atoms with van der Waals surface area (Å²) in [5.41, 5.74) is 12.0. The van der Waals surface area contributed by atoms with E-state index in [1.165, 1.54) is 32.5 Å². The molecule has 0 unspecified atom stereocenters. The van der Waals surface area contributed by atoms with Gasteiger partial charge in [0.1, 0.15) is 54.4 Å². The van der Waals surface area contributed by atoms with E-state index in [1.807, 2.05) is 13.8 Å². The van der Waals surface area contributed by atoms with Crippen molar-refractivity contribution < 1.29 is 67.7 Å². The quantitative estimate of drug-likeness (QED) is 0.0387.